The Labute approximate surface area is 123 Å². The summed E-state index contributed by atoms with van der Waals surface area (Å²) < 4.78 is 39.8. The van der Waals surface area contributed by atoms with E-state index in [9.17, 15) is 12.8 Å². The summed E-state index contributed by atoms with van der Waals surface area (Å²) in [6.45, 7) is 2.14. The molecule has 1 aromatic heterocycles. The maximum Gasteiger partial charge on any atom is 0.245 e. The minimum Gasteiger partial charge on any atom is -0.398 e. The van der Waals surface area contributed by atoms with Gasteiger partial charge in [-0.2, -0.15) is 4.31 Å². The van der Waals surface area contributed by atoms with Gasteiger partial charge in [-0.05, 0) is 35.9 Å². The van der Waals surface area contributed by atoms with Crippen LogP contribution in [0.1, 0.15) is 12.5 Å². The molecule has 0 aliphatic heterocycles. The van der Waals surface area contributed by atoms with Crippen LogP contribution in [0.5, 0.6) is 0 Å². The lowest BCUT2D eigenvalue weighted by atomic mass is 10.3. The molecule has 0 aliphatic carbocycles. The van der Waals surface area contributed by atoms with Crippen LogP contribution >= 0.6 is 0 Å². The Bertz CT molecular complexity index is 720. The van der Waals surface area contributed by atoms with Crippen molar-refractivity contribution in [2.45, 2.75) is 18.4 Å². The van der Waals surface area contributed by atoms with E-state index in [1.807, 2.05) is 0 Å². The number of rotatable bonds is 5. The van der Waals surface area contributed by atoms with Crippen LogP contribution in [0.2, 0.25) is 0 Å². The third-order valence-electron chi connectivity index (χ3n) is 3.05. The molecular formula is C14H16FN3O2S. The summed E-state index contributed by atoms with van der Waals surface area (Å²) in [7, 11) is -3.85. The molecule has 0 aliphatic rings. The summed E-state index contributed by atoms with van der Waals surface area (Å²) in [5.41, 5.74) is 6.51. The highest BCUT2D eigenvalue weighted by Crippen LogP contribution is 2.24. The van der Waals surface area contributed by atoms with Gasteiger partial charge in [0.1, 0.15) is 10.7 Å². The predicted molar refractivity (Wildman–Crippen MR) is 78.3 cm³/mol. The summed E-state index contributed by atoms with van der Waals surface area (Å²) >= 11 is 0. The Morgan fingerprint density at radius 2 is 1.90 bits per heavy atom. The van der Waals surface area contributed by atoms with Gasteiger partial charge in [0.25, 0.3) is 0 Å². The van der Waals surface area contributed by atoms with E-state index in [1.54, 1.807) is 31.5 Å². The first-order valence-electron chi connectivity index (χ1n) is 6.39. The van der Waals surface area contributed by atoms with Crippen molar-refractivity contribution in [1.29, 1.82) is 0 Å². The van der Waals surface area contributed by atoms with Gasteiger partial charge in [-0.3, -0.25) is 4.98 Å². The van der Waals surface area contributed by atoms with E-state index in [0.717, 1.165) is 17.7 Å². The van der Waals surface area contributed by atoms with Crippen molar-refractivity contribution < 1.29 is 12.8 Å². The van der Waals surface area contributed by atoms with E-state index in [-0.39, 0.29) is 23.7 Å². The highest BCUT2D eigenvalue weighted by molar-refractivity contribution is 7.89. The highest BCUT2D eigenvalue weighted by Gasteiger charge is 2.25. The zero-order valence-corrected chi connectivity index (χ0v) is 12.3. The Balaban J connectivity index is 2.38. The van der Waals surface area contributed by atoms with Gasteiger partial charge in [0.2, 0.25) is 10.0 Å². The molecule has 2 aromatic rings. The van der Waals surface area contributed by atoms with Crippen molar-refractivity contribution in [2.24, 2.45) is 0 Å². The number of pyridine rings is 1. The van der Waals surface area contributed by atoms with Crippen LogP contribution in [0.25, 0.3) is 0 Å². The summed E-state index contributed by atoms with van der Waals surface area (Å²) in [6, 6.07) is 6.79. The van der Waals surface area contributed by atoms with Gasteiger partial charge in [0.05, 0.1) is 5.69 Å². The molecule has 0 radical (unpaired) electrons. The number of sulfonamides is 1. The largest absolute Gasteiger partial charge is 0.398 e. The maximum atomic E-state index is 13.3. The smallest absolute Gasteiger partial charge is 0.245 e. The molecule has 0 saturated heterocycles. The molecule has 2 rings (SSSR count). The van der Waals surface area contributed by atoms with E-state index in [1.165, 1.54) is 10.4 Å². The Morgan fingerprint density at radius 3 is 2.52 bits per heavy atom. The Hall–Kier alpha value is -1.99. The average molecular weight is 309 g/mol. The molecule has 0 atom stereocenters. The van der Waals surface area contributed by atoms with Crippen molar-refractivity contribution in [2.75, 3.05) is 12.3 Å². The quantitative estimate of drug-likeness (QED) is 0.857. The van der Waals surface area contributed by atoms with Crippen LogP contribution in [0.3, 0.4) is 0 Å². The normalized spacial score (nSPS) is 11.8. The number of benzene rings is 1. The average Bonchev–Trinajstić information content (AvgIpc) is 2.48. The minimum absolute atomic E-state index is 0.0320. The SMILES string of the molecule is CCN(Cc1ccncc1)S(=O)(=O)c1cc(F)ccc1N. The molecular weight excluding hydrogens is 293 g/mol. The van der Waals surface area contributed by atoms with Crippen LogP contribution in [0, 0.1) is 5.82 Å². The zero-order valence-electron chi connectivity index (χ0n) is 11.5. The van der Waals surface area contributed by atoms with Gasteiger partial charge in [0, 0.05) is 25.5 Å². The summed E-state index contributed by atoms with van der Waals surface area (Å²) in [5, 5.41) is 0. The number of aromatic nitrogens is 1. The third-order valence-corrected chi connectivity index (χ3v) is 5.03. The molecule has 0 bridgehead atoms. The van der Waals surface area contributed by atoms with Crippen LogP contribution in [0.15, 0.2) is 47.6 Å². The van der Waals surface area contributed by atoms with E-state index in [0.29, 0.717) is 0 Å². The van der Waals surface area contributed by atoms with Crippen LogP contribution in [-0.2, 0) is 16.6 Å². The fourth-order valence-corrected chi connectivity index (χ4v) is 3.49. The zero-order chi connectivity index (χ0) is 15.5. The van der Waals surface area contributed by atoms with Gasteiger partial charge >= 0.3 is 0 Å². The first-order valence-corrected chi connectivity index (χ1v) is 7.83. The number of nitrogens with two attached hydrogens (primary N) is 1. The lowest BCUT2D eigenvalue weighted by Crippen LogP contribution is -2.31. The second kappa shape index (κ2) is 6.19. The lowest BCUT2D eigenvalue weighted by molar-refractivity contribution is 0.423. The van der Waals surface area contributed by atoms with Crippen LogP contribution < -0.4 is 5.73 Å². The summed E-state index contributed by atoms with van der Waals surface area (Å²) in [6.07, 6.45) is 3.18. The molecule has 1 aromatic carbocycles. The molecule has 0 fully saturated rings. The molecule has 0 spiro atoms. The van der Waals surface area contributed by atoms with Crippen molar-refractivity contribution in [1.82, 2.24) is 9.29 Å². The number of halogens is 1. The van der Waals surface area contributed by atoms with Crippen molar-refractivity contribution >= 4 is 15.7 Å². The predicted octanol–water partition coefficient (Wildman–Crippen LogP) is 2.01. The van der Waals surface area contributed by atoms with E-state index in [2.05, 4.69) is 4.98 Å². The van der Waals surface area contributed by atoms with E-state index < -0.39 is 15.8 Å². The third kappa shape index (κ3) is 3.37. The van der Waals surface area contributed by atoms with Crippen LogP contribution in [0.4, 0.5) is 10.1 Å². The first kappa shape index (κ1) is 15.4. The number of anilines is 1. The number of nitrogen functional groups attached to an aromatic ring is 1. The van der Waals surface area contributed by atoms with E-state index in [4.69, 9.17) is 5.73 Å². The lowest BCUT2D eigenvalue weighted by Gasteiger charge is -2.21. The van der Waals surface area contributed by atoms with Crippen molar-refractivity contribution in [3.05, 3.63) is 54.1 Å². The Kier molecular flexibility index (Phi) is 4.54. The molecule has 21 heavy (non-hydrogen) atoms. The molecule has 0 unspecified atom stereocenters. The maximum absolute atomic E-state index is 13.3. The van der Waals surface area contributed by atoms with Gasteiger partial charge in [0.15, 0.2) is 0 Å². The second-order valence-electron chi connectivity index (χ2n) is 4.47. The van der Waals surface area contributed by atoms with Gasteiger partial charge in [-0.25, -0.2) is 12.8 Å². The minimum atomic E-state index is -3.85. The van der Waals surface area contributed by atoms with Gasteiger partial charge in [-0.1, -0.05) is 6.92 Å². The number of nitrogens with zero attached hydrogens (tertiary/aromatic N) is 2. The number of hydrogen-bond donors (Lipinski definition) is 1. The van der Waals surface area contributed by atoms with Crippen LogP contribution in [-0.4, -0.2) is 24.3 Å². The molecule has 112 valence electrons. The van der Waals surface area contributed by atoms with Crippen molar-refractivity contribution in [3.8, 4) is 0 Å². The molecule has 5 nitrogen and oxygen atoms in total. The molecule has 1 heterocycles. The van der Waals surface area contributed by atoms with Gasteiger partial charge < -0.3 is 5.73 Å². The summed E-state index contributed by atoms with van der Waals surface area (Å²) in [5.74, 6) is -0.636. The molecule has 2 N–H and O–H groups in total. The fraction of sp³-hybridized carbons (Fsp3) is 0.214. The molecule has 0 saturated carbocycles. The van der Waals surface area contributed by atoms with Crippen molar-refractivity contribution in [3.63, 3.8) is 0 Å². The Morgan fingerprint density at radius 1 is 1.24 bits per heavy atom. The molecule has 7 heteroatoms. The topological polar surface area (TPSA) is 76.3 Å². The monoisotopic (exact) mass is 309 g/mol. The standard InChI is InChI=1S/C14H16FN3O2S/c1-2-18(10-11-5-7-17-8-6-11)21(19,20)14-9-12(15)3-4-13(14)16/h3-9H,2,10,16H2,1H3. The first-order chi connectivity index (χ1) is 9.95. The summed E-state index contributed by atoms with van der Waals surface area (Å²) in [4.78, 5) is 3.68. The van der Waals surface area contributed by atoms with Gasteiger partial charge in [-0.15, -0.1) is 0 Å². The second-order valence-corrected chi connectivity index (χ2v) is 6.38. The highest BCUT2D eigenvalue weighted by atomic mass is 32.2. The number of hydrogen-bond acceptors (Lipinski definition) is 4. The molecule has 0 amide bonds. The van der Waals surface area contributed by atoms with E-state index >= 15 is 0 Å². The fourth-order valence-electron chi connectivity index (χ4n) is 1.93.